The number of esters is 1. The van der Waals surface area contributed by atoms with E-state index in [1.165, 1.54) is 161 Å². The Hall–Kier alpha value is -2.81. The first-order valence-corrected chi connectivity index (χ1v) is 36.4. The van der Waals surface area contributed by atoms with Crippen molar-refractivity contribution in [2.75, 3.05) is 40.9 Å². The number of phosphoric ester groups is 1. The fourth-order valence-electron chi connectivity index (χ4n) is 10.00. The standard InChI is InChI=1S/C73H133N2O7P/c1-7-10-13-16-19-22-25-28-30-32-34-35-36-37-38-39-41-42-44-47-50-53-56-59-62-65-72(76)74-70(69-81-83(78,79)80-68-67-75(4,5)6)71(64-61-58-55-52-49-46-27-24-21-18-15-12-9-3)82-73(77)66-63-60-57-54-51-48-45-43-40-33-31-29-26-23-20-17-14-11-8-2/h10,13,19,22,28,30,34-35,37-38,41-42,61,64,70-71H,7-9,11-12,14-18,20-21,23-27,29,31-33,36,39-40,43-60,62-63,65-69H2,1-6H3,(H-,74,76,78,79)/b13-10-,22-19-,30-28-,35-34-,38-37-,42-41-,64-61-. The van der Waals surface area contributed by atoms with Crippen molar-refractivity contribution in [2.24, 2.45) is 0 Å². The van der Waals surface area contributed by atoms with Crippen molar-refractivity contribution < 1.29 is 37.3 Å². The normalized spacial score (nSPS) is 14.1. The Morgan fingerprint density at radius 2 is 0.771 bits per heavy atom. The Bertz CT molecular complexity index is 1700. The Balaban J connectivity index is 5.17. The van der Waals surface area contributed by atoms with Gasteiger partial charge in [-0.3, -0.25) is 14.2 Å². The molecule has 482 valence electrons. The maximum Gasteiger partial charge on any atom is 0.306 e. The zero-order valence-corrected chi connectivity index (χ0v) is 56.0. The molecule has 0 aromatic rings. The first-order valence-electron chi connectivity index (χ1n) is 34.9. The zero-order chi connectivity index (χ0) is 60.7. The van der Waals surface area contributed by atoms with Crippen LogP contribution in [0.5, 0.6) is 0 Å². The molecule has 10 heteroatoms. The van der Waals surface area contributed by atoms with Crippen LogP contribution >= 0.6 is 7.82 Å². The van der Waals surface area contributed by atoms with Crippen molar-refractivity contribution in [2.45, 2.75) is 328 Å². The van der Waals surface area contributed by atoms with Gasteiger partial charge in [0.05, 0.1) is 33.8 Å². The van der Waals surface area contributed by atoms with Crippen LogP contribution in [0.4, 0.5) is 0 Å². The van der Waals surface area contributed by atoms with Gasteiger partial charge in [0.15, 0.2) is 0 Å². The van der Waals surface area contributed by atoms with E-state index in [1.54, 1.807) is 0 Å². The van der Waals surface area contributed by atoms with Gasteiger partial charge in [0.2, 0.25) is 5.91 Å². The Morgan fingerprint density at radius 1 is 0.434 bits per heavy atom. The average Bonchev–Trinajstić information content (AvgIpc) is 3.46. The number of hydrogen-bond donors (Lipinski definition) is 1. The van der Waals surface area contributed by atoms with Crippen molar-refractivity contribution in [3.8, 4) is 0 Å². The van der Waals surface area contributed by atoms with Crippen LogP contribution < -0.4 is 10.2 Å². The van der Waals surface area contributed by atoms with Crippen LogP contribution in [-0.4, -0.2) is 69.4 Å². The van der Waals surface area contributed by atoms with Crippen LogP contribution in [0, 0.1) is 0 Å². The van der Waals surface area contributed by atoms with Gasteiger partial charge in [-0.1, -0.05) is 305 Å². The highest BCUT2D eigenvalue weighted by atomic mass is 31.2. The molecule has 0 rings (SSSR count). The Labute approximate surface area is 514 Å². The molecule has 0 saturated heterocycles. The number of ether oxygens (including phenoxy) is 1. The van der Waals surface area contributed by atoms with E-state index in [1.807, 2.05) is 33.3 Å². The first-order chi connectivity index (χ1) is 40.4. The van der Waals surface area contributed by atoms with Crippen molar-refractivity contribution in [1.29, 1.82) is 0 Å². The molecule has 0 heterocycles. The average molecular weight is 1180 g/mol. The van der Waals surface area contributed by atoms with Crippen LogP contribution in [0.15, 0.2) is 85.1 Å². The van der Waals surface area contributed by atoms with Crippen LogP contribution in [0.25, 0.3) is 0 Å². The summed E-state index contributed by atoms with van der Waals surface area (Å²) in [6, 6.07) is -0.900. The van der Waals surface area contributed by atoms with E-state index in [9.17, 15) is 19.0 Å². The minimum absolute atomic E-state index is 0.0273. The van der Waals surface area contributed by atoms with Crippen molar-refractivity contribution in [3.05, 3.63) is 85.1 Å². The van der Waals surface area contributed by atoms with Gasteiger partial charge >= 0.3 is 5.97 Å². The first kappa shape index (κ1) is 80.2. The van der Waals surface area contributed by atoms with Gasteiger partial charge in [0.25, 0.3) is 7.82 Å². The number of phosphoric acid groups is 1. The molecule has 83 heavy (non-hydrogen) atoms. The number of allylic oxidation sites excluding steroid dienone is 13. The second-order valence-corrected chi connectivity index (χ2v) is 26.1. The van der Waals surface area contributed by atoms with Gasteiger partial charge in [-0.05, 0) is 83.1 Å². The van der Waals surface area contributed by atoms with Crippen LogP contribution in [-0.2, 0) is 27.9 Å². The van der Waals surface area contributed by atoms with Crippen molar-refractivity contribution in [3.63, 3.8) is 0 Å². The molecule has 3 unspecified atom stereocenters. The minimum Gasteiger partial charge on any atom is -0.756 e. The quantitative estimate of drug-likeness (QED) is 0.0212. The number of hydrogen-bond acceptors (Lipinski definition) is 7. The predicted octanol–water partition coefficient (Wildman–Crippen LogP) is 21.5. The molecule has 0 spiro atoms. The molecule has 0 radical (unpaired) electrons. The van der Waals surface area contributed by atoms with Gasteiger partial charge in [-0.15, -0.1) is 0 Å². The largest absolute Gasteiger partial charge is 0.756 e. The highest BCUT2D eigenvalue weighted by Gasteiger charge is 2.27. The lowest BCUT2D eigenvalue weighted by atomic mass is 10.0. The van der Waals surface area contributed by atoms with Gasteiger partial charge in [-0.2, -0.15) is 0 Å². The molecule has 0 bridgehead atoms. The molecule has 1 N–H and O–H groups in total. The summed E-state index contributed by atoms with van der Waals surface area (Å²) in [5.74, 6) is -0.549. The number of carbonyl (C=O) groups excluding carboxylic acids is 2. The van der Waals surface area contributed by atoms with Gasteiger partial charge < -0.3 is 28.5 Å². The smallest absolute Gasteiger partial charge is 0.306 e. The Morgan fingerprint density at radius 3 is 1.16 bits per heavy atom. The second kappa shape index (κ2) is 62.2. The van der Waals surface area contributed by atoms with Crippen LogP contribution in [0.3, 0.4) is 0 Å². The van der Waals surface area contributed by atoms with E-state index in [-0.39, 0.29) is 24.9 Å². The van der Waals surface area contributed by atoms with Crippen LogP contribution in [0.1, 0.15) is 316 Å². The predicted molar refractivity (Wildman–Crippen MR) is 358 cm³/mol. The summed E-state index contributed by atoms with van der Waals surface area (Å²) in [4.78, 5) is 40.2. The lowest BCUT2D eigenvalue weighted by molar-refractivity contribution is -0.870. The number of likely N-dealkylation sites (N-methyl/N-ethyl adjacent to an activating group) is 1. The third kappa shape index (κ3) is 63.5. The number of nitrogens with zero attached hydrogens (tertiary/aromatic N) is 1. The fourth-order valence-corrected chi connectivity index (χ4v) is 10.7. The molecule has 0 aromatic heterocycles. The monoisotopic (exact) mass is 1180 g/mol. The molecule has 0 aromatic carbocycles. The zero-order valence-electron chi connectivity index (χ0n) is 55.1. The lowest BCUT2D eigenvalue weighted by Gasteiger charge is -2.30. The van der Waals surface area contributed by atoms with E-state index >= 15 is 0 Å². The third-order valence-electron chi connectivity index (χ3n) is 15.3. The van der Waals surface area contributed by atoms with E-state index < -0.39 is 26.6 Å². The highest BCUT2D eigenvalue weighted by molar-refractivity contribution is 7.45. The summed E-state index contributed by atoms with van der Waals surface area (Å²) >= 11 is 0. The van der Waals surface area contributed by atoms with Gasteiger partial charge in [0.1, 0.15) is 19.3 Å². The third-order valence-corrected chi connectivity index (χ3v) is 16.3. The number of nitrogens with one attached hydrogen (secondary N) is 1. The maximum atomic E-state index is 13.6. The molecule has 1 amide bonds. The molecule has 3 atom stereocenters. The summed E-state index contributed by atoms with van der Waals surface area (Å²) in [5, 5.41) is 3.04. The molecule has 0 aliphatic rings. The second-order valence-electron chi connectivity index (χ2n) is 24.7. The number of carbonyl (C=O) groups is 2. The minimum atomic E-state index is -4.71. The van der Waals surface area contributed by atoms with E-state index in [4.69, 9.17) is 13.8 Å². The molecular weight excluding hydrogens is 1050 g/mol. The molecule has 0 fully saturated rings. The molecular formula is C73H133N2O7P. The van der Waals surface area contributed by atoms with Crippen molar-refractivity contribution in [1.82, 2.24) is 5.32 Å². The topological polar surface area (TPSA) is 114 Å². The Kier molecular flexibility index (Phi) is 60.1. The molecule has 0 saturated carbocycles. The van der Waals surface area contributed by atoms with Crippen LogP contribution in [0.2, 0.25) is 0 Å². The van der Waals surface area contributed by atoms with E-state index in [0.717, 1.165) is 122 Å². The van der Waals surface area contributed by atoms with Gasteiger partial charge in [-0.25, -0.2) is 0 Å². The summed E-state index contributed by atoms with van der Waals surface area (Å²) < 4.78 is 30.4. The molecule has 9 nitrogen and oxygen atoms in total. The van der Waals surface area contributed by atoms with Gasteiger partial charge in [0, 0.05) is 12.8 Å². The number of amides is 1. The SMILES string of the molecule is CC/C=C\C/C=C\C/C=C\C/C=C\C/C=C\C/C=C\CCCCCCCCC(=O)NC(COP(=O)([O-])OCC[N+](C)(C)C)C(/C=C\CCCCCCCCCCCCC)OC(=O)CCCCCCCCCCCCCCCCCCCCC. The fraction of sp³-hybridized carbons (Fsp3) is 0.781. The summed E-state index contributed by atoms with van der Waals surface area (Å²) in [7, 11) is 1.18. The number of quaternary nitrogens is 1. The maximum absolute atomic E-state index is 13.6. The van der Waals surface area contributed by atoms with Crippen molar-refractivity contribution >= 4 is 19.7 Å². The summed E-state index contributed by atoms with van der Waals surface area (Å²) in [5.41, 5.74) is 0. The summed E-state index contributed by atoms with van der Waals surface area (Å²) in [6.07, 6.45) is 82.7. The highest BCUT2D eigenvalue weighted by Crippen LogP contribution is 2.38. The number of unbranched alkanes of at least 4 members (excludes halogenated alkanes) is 35. The lowest BCUT2D eigenvalue weighted by Crippen LogP contribution is -2.47. The van der Waals surface area contributed by atoms with E-state index in [2.05, 4.69) is 99.0 Å². The molecule has 0 aliphatic heterocycles. The number of rotatable bonds is 63. The van der Waals surface area contributed by atoms with E-state index in [0.29, 0.717) is 17.4 Å². The summed E-state index contributed by atoms with van der Waals surface area (Å²) in [6.45, 7) is 6.75. The molecule has 0 aliphatic carbocycles.